The molecule has 1 heterocycles. The van der Waals surface area contributed by atoms with Crippen molar-refractivity contribution < 1.29 is 9.90 Å². The average Bonchev–Trinajstić information content (AvgIpc) is 3.16. The van der Waals surface area contributed by atoms with Crippen molar-refractivity contribution in [1.29, 1.82) is 0 Å². The number of fused-ring (bicyclic) bond motifs is 3. The lowest BCUT2D eigenvalue weighted by molar-refractivity contribution is 0.0953. The third-order valence-electron chi connectivity index (χ3n) is 5.41. The first kappa shape index (κ1) is 16.7. The summed E-state index contributed by atoms with van der Waals surface area (Å²) < 4.78 is 0. The van der Waals surface area contributed by atoms with E-state index in [1.807, 2.05) is 30.3 Å². The standard InChI is InChI=1S/C22H24N2O2/c1-2-12-23-22(26)15-8-11-20-19(13-15)17-4-3-5-18(17)21(24-20)14-6-9-16(25)10-7-14/h3-4,6-11,13,17-18,21,24-25H,2,5,12H2,1H3,(H,23,26). The molecule has 0 saturated heterocycles. The molecule has 3 atom stereocenters. The first-order valence-corrected chi connectivity index (χ1v) is 9.31. The maximum atomic E-state index is 12.3. The predicted molar refractivity (Wildman–Crippen MR) is 104 cm³/mol. The van der Waals surface area contributed by atoms with Gasteiger partial charge in [-0.05, 0) is 60.2 Å². The Morgan fingerprint density at radius 3 is 2.81 bits per heavy atom. The van der Waals surface area contributed by atoms with Gasteiger partial charge in [-0.15, -0.1) is 0 Å². The zero-order valence-corrected chi connectivity index (χ0v) is 14.9. The SMILES string of the molecule is CCCNC(=O)c1ccc2c(c1)C1C=CCC1C(c1ccc(O)cc1)N2. The fourth-order valence-electron chi connectivity index (χ4n) is 4.09. The zero-order valence-electron chi connectivity index (χ0n) is 14.9. The first-order chi connectivity index (χ1) is 12.7. The van der Waals surface area contributed by atoms with Crippen LogP contribution in [0.1, 0.15) is 53.2 Å². The van der Waals surface area contributed by atoms with E-state index in [1.54, 1.807) is 12.1 Å². The molecule has 2 aromatic carbocycles. The number of phenolic OH excluding ortho intramolecular Hbond substituents is 1. The summed E-state index contributed by atoms with van der Waals surface area (Å²) in [6.45, 7) is 2.75. The van der Waals surface area contributed by atoms with Crippen LogP contribution in [0.15, 0.2) is 54.6 Å². The second-order valence-corrected chi connectivity index (χ2v) is 7.12. The van der Waals surface area contributed by atoms with E-state index in [2.05, 4.69) is 29.7 Å². The van der Waals surface area contributed by atoms with Crippen molar-refractivity contribution in [2.75, 3.05) is 11.9 Å². The lowest BCUT2D eigenvalue weighted by Gasteiger charge is -2.37. The van der Waals surface area contributed by atoms with Crippen molar-refractivity contribution in [3.63, 3.8) is 0 Å². The highest BCUT2D eigenvalue weighted by Gasteiger charge is 2.38. The van der Waals surface area contributed by atoms with Crippen LogP contribution in [-0.2, 0) is 0 Å². The number of amides is 1. The maximum Gasteiger partial charge on any atom is 0.251 e. The smallest absolute Gasteiger partial charge is 0.251 e. The number of benzene rings is 2. The number of hydrogen-bond acceptors (Lipinski definition) is 3. The molecule has 0 radical (unpaired) electrons. The Morgan fingerprint density at radius 2 is 2.04 bits per heavy atom. The van der Waals surface area contributed by atoms with Crippen LogP contribution in [0.3, 0.4) is 0 Å². The molecule has 4 heteroatoms. The van der Waals surface area contributed by atoms with Crippen LogP contribution < -0.4 is 10.6 Å². The van der Waals surface area contributed by atoms with Crippen molar-refractivity contribution in [3.05, 3.63) is 71.3 Å². The predicted octanol–water partition coefficient (Wildman–Crippen LogP) is 4.36. The Hall–Kier alpha value is -2.75. The summed E-state index contributed by atoms with van der Waals surface area (Å²) in [6, 6.07) is 13.6. The monoisotopic (exact) mass is 348 g/mol. The molecule has 1 aliphatic heterocycles. The van der Waals surface area contributed by atoms with E-state index in [-0.39, 0.29) is 17.7 Å². The van der Waals surface area contributed by atoms with Crippen molar-refractivity contribution >= 4 is 11.6 Å². The third kappa shape index (κ3) is 2.96. The Kier molecular flexibility index (Phi) is 4.41. The molecular formula is C22H24N2O2. The van der Waals surface area contributed by atoms with E-state index in [9.17, 15) is 9.90 Å². The van der Waals surface area contributed by atoms with Gasteiger partial charge < -0.3 is 15.7 Å². The summed E-state index contributed by atoms with van der Waals surface area (Å²) in [5, 5.41) is 16.2. The van der Waals surface area contributed by atoms with Crippen LogP contribution in [0.25, 0.3) is 0 Å². The first-order valence-electron chi connectivity index (χ1n) is 9.31. The van der Waals surface area contributed by atoms with Crippen LogP contribution in [0.4, 0.5) is 5.69 Å². The summed E-state index contributed by atoms with van der Waals surface area (Å²) in [6.07, 6.45) is 6.45. The highest BCUT2D eigenvalue weighted by molar-refractivity contribution is 5.95. The molecule has 2 aliphatic rings. The molecule has 0 bridgehead atoms. The lowest BCUT2D eigenvalue weighted by atomic mass is 9.76. The van der Waals surface area contributed by atoms with E-state index >= 15 is 0 Å². The normalized spacial score (nSPS) is 23.0. The molecule has 0 aromatic heterocycles. The van der Waals surface area contributed by atoms with E-state index < -0.39 is 0 Å². The Morgan fingerprint density at radius 1 is 1.23 bits per heavy atom. The largest absolute Gasteiger partial charge is 0.508 e. The number of aromatic hydroxyl groups is 1. The van der Waals surface area contributed by atoms with Crippen LogP contribution in [-0.4, -0.2) is 17.6 Å². The molecule has 4 nitrogen and oxygen atoms in total. The Balaban J connectivity index is 1.66. The minimum atomic E-state index is -0.00571. The molecule has 0 spiro atoms. The van der Waals surface area contributed by atoms with Gasteiger partial charge in [0.15, 0.2) is 0 Å². The van der Waals surface area contributed by atoms with Gasteiger partial charge in [0.25, 0.3) is 5.91 Å². The molecule has 4 rings (SSSR count). The molecule has 3 N–H and O–H groups in total. The summed E-state index contributed by atoms with van der Waals surface area (Å²) in [5.74, 6) is 1.01. The number of carbonyl (C=O) groups excluding carboxylic acids is 1. The van der Waals surface area contributed by atoms with E-state index in [4.69, 9.17) is 0 Å². The Labute approximate surface area is 153 Å². The topological polar surface area (TPSA) is 61.4 Å². The number of phenols is 1. The van der Waals surface area contributed by atoms with Crippen LogP contribution >= 0.6 is 0 Å². The minimum absolute atomic E-state index is 0.00571. The number of allylic oxidation sites excluding steroid dienone is 2. The number of carbonyl (C=O) groups is 1. The minimum Gasteiger partial charge on any atom is -0.508 e. The van der Waals surface area contributed by atoms with Gasteiger partial charge in [-0.1, -0.05) is 31.2 Å². The van der Waals surface area contributed by atoms with Gasteiger partial charge >= 0.3 is 0 Å². The molecule has 1 aliphatic carbocycles. The molecule has 1 amide bonds. The van der Waals surface area contributed by atoms with Gasteiger partial charge in [0.2, 0.25) is 0 Å². The van der Waals surface area contributed by atoms with Crippen molar-refractivity contribution in [3.8, 4) is 5.75 Å². The number of nitrogens with one attached hydrogen (secondary N) is 2. The zero-order chi connectivity index (χ0) is 18.1. The van der Waals surface area contributed by atoms with Gasteiger partial charge in [-0.3, -0.25) is 4.79 Å². The molecule has 134 valence electrons. The fraction of sp³-hybridized carbons (Fsp3) is 0.318. The van der Waals surface area contributed by atoms with Crippen LogP contribution in [0, 0.1) is 5.92 Å². The molecule has 3 unspecified atom stereocenters. The summed E-state index contributed by atoms with van der Waals surface area (Å²) in [5.41, 5.74) is 4.18. The summed E-state index contributed by atoms with van der Waals surface area (Å²) in [7, 11) is 0. The average molecular weight is 348 g/mol. The number of hydrogen-bond donors (Lipinski definition) is 3. The van der Waals surface area contributed by atoms with E-state index in [0.29, 0.717) is 18.4 Å². The highest BCUT2D eigenvalue weighted by Crippen LogP contribution is 2.50. The van der Waals surface area contributed by atoms with Crippen LogP contribution in [0.2, 0.25) is 0 Å². The van der Waals surface area contributed by atoms with Gasteiger partial charge in [0.1, 0.15) is 5.75 Å². The third-order valence-corrected chi connectivity index (χ3v) is 5.41. The van der Waals surface area contributed by atoms with Gasteiger partial charge in [-0.2, -0.15) is 0 Å². The summed E-state index contributed by atoms with van der Waals surface area (Å²) >= 11 is 0. The molecule has 2 aromatic rings. The highest BCUT2D eigenvalue weighted by atomic mass is 16.3. The van der Waals surface area contributed by atoms with Crippen molar-refractivity contribution in [2.45, 2.75) is 31.7 Å². The lowest BCUT2D eigenvalue weighted by Crippen LogP contribution is -2.30. The van der Waals surface area contributed by atoms with E-state index in [0.717, 1.165) is 24.1 Å². The molecule has 26 heavy (non-hydrogen) atoms. The second kappa shape index (κ2) is 6.87. The van der Waals surface area contributed by atoms with Crippen molar-refractivity contribution in [1.82, 2.24) is 5.32 Å². The van der Waals surface area contributed by atoms with Gasteiger partial charge in [-0.25, -0.2) is 0 Å². The number of anilines is 1. The molecule has 0 fully saturated rings. The van der Waals surface area contributed by atoms with Gasteiger partial charge in [0.05, 0.1) is 6.04 Å². The number of rotatable bonds is 4. The maximum absolute atomic E-state index is 12.3. The molecule has 0 saturated carbocycles. The fourth-order valence-corrected chi connectivity index (χ4v) is 4.09. The van der Waals surface area contributed by atoms with Crippen LogP contribution in [0.5, 0.6) is 5.75 Å². The second-order valence-electron chi connectivity index (χ2n) is 7.12. The molecular weight excluding hydrogens is 324 g/mol. The quantitative estimate of drug-likeness (QED) is 0.720. The van der Waals surface area contributed by atoms with E-state index in [1.165, 1.54) is 11.1 Å². The van der Waals surface area contributed by atoms with Gasteiger partial charge in [0, 0.05) is 23.7 Å². The Bertz CT molecular complexity index is 842. The summed E-state index contributed by atoms with van der Waals surface area (Å²) in [4.78, 5) is 12.3. The van der Waals surface area contributed by atoms with Crippen molar-refractivity contribution in [2.24, 2.45) is 5.92 Å².